The largest absolute Gasteiger partial charge is 0.491 e. The molecule has 0 saturated heterocycles. The smallest absolute Gasteiger partial charge is 0.121 e. The molecule has 0 spiro atoms. The normalized spacial score (nSPS) is 10.4. The zero-order valence-corrected chi connectivity index (χ0v) is 13.0. The van der Waals surface area contributed by atoms with Crippen molar-refractivity contribution in [3.63, 3.8) is 0 Å². The molecule has 3 heteroatoms. The maximum absolute atomic E-state index is 5.62. The van der Waals surface area contributed by atoms with Crippen molar-refractivity contribution in [2.75, 3.05) is 25.6 Å². The van der Waals surface area contributed by atoms with Gasteiger partial charge in [-0.25, -0.2) is 0 Å². The van der Waals surface area contributed by atoms with E-state index >= 15 is 0 Å². The van der Waals surface area contributed by atoms with E-state index in [9.17, 15) is 0 Å². The van der Waals surface area contributed by atoms with Gasteiger partial charge in [-0.15, -0.1) is 0 Å². The van der Waals surface area contributed by atoms with Crippen molar-refractivity contribution < 1.29 is 9.47 Å². The lowest BCUT2D eigenvalue weighted by molar-refractivity contribution is 0.146. The Morgan fingerprint density at radius 1 is 1.00 bits per heavy atom. The minimum Gasteiger partial charge on any atom is -0.491 e. The molecule has 0 amide bonds. The molecule has 0 aliphatic rings. The van der Waals surface area contributed by atoms with Gasteiger partial charge in [0.15, 0.2) is 0 Å². The van der Waals surface area contributed by atoms with Crippen molar-refractivity contribution in [1.29, 1.82) is 0 Å². The van der Waals surface area contributed by atoms with Gasteiger partial charge in [0.25, 0.3) is 0 Å². The molecule has 0 atom stereocenters. The van der Waals surface area contributed by atoms with Gasteiger partial charge in [0, 0.05) is 25.4 Å². The number of methoxy groups -OCH3 is 1. The van der Waals surface area contributed by atoms with Crippen LogP contribution in [0.15, 0.2) is 42.5 Å². The summed E-state index contributed by atoms with van der Waals surface area (Å²) in [6.07, 6.45) is 0. The minimum atomic E-state index is 0.566. The summed E-state index contributed by atoms with van der Waals surface area (Å²) in [7, 11) is 1.67. The molecule has 0 aromatic heterocycles. The van der Waals surface area contributed by atoms with Gasteiger partial charge in [0.2, 0.25) is 0 Å². The maximum Gasteiger partial charge on any atom is 0.121 e. The van der Waals surface area contributed by atoms with Crippen LogP contribution in [0, 0.1) is 13.8 Å². The molecule has 0 saturated carbocycles. The standard InChI is InChI=1S/C18H23NO2/c1-14-6-4-7-16(15(14)2)13-19-17-8-5-9-18(12-17)21-11-10-20-3/h4-9,12,19H,10-11,13H2,1-3H3. The lowest BCUT2D eigenvalue weighted by atomic mass is 10.0. The highest BCUT2D eigenvalue weighted by molar-refractivity contribution is 5.49. The van der Waals surface area contributed by atoms with Gasteiger partial charge in [0.1, 0.15) is 12.4 Å². The Morgan fingerprint density at radius 3 is 2.62 bits per heavy atom. The fourth-order valence-electron chi connectivity index (χ4n) is 2.14. The Morgan fingerprint density at radius 2 is 1.81 bits per heavy atom. The van der Waals surface area contributed by atoms with E-state index in [1.165, 1.54) is 16.7 Å². The summed E-state index contributed by atoms with van der Waals surface area (Å²) in [5.74, 6) is 0.859. The van der Waals surface area contributed by atoms with E-state index in [1.807, 2.05) is 24.3 Å². The Bertz CT molecular complexity index is 581. The van der Waals surface area contributed by atoms with Crippen molar-refractivity contribution >= 4 is 5.69 Å². The number of aryl methyl sites for hydroxylation is 1. The first kappa shape index (κ1) is 15.4. The number of ether oxygens (including phenoxy) is 2. The SMILES string of the molecule is COCCOc1cccc(NCc2cccc(C)c2C)c1. The van der Waals surface area contributed by atoms with E-state index < -0.39 is 0 Å². The Kier molecular flexibility index (Phi) is 5.64. The molecule has 21 heavy (non-hydrogen) atoms. The van der Waals surface area contributed by atoms with Crippen LogP contribution in [0.25, 0.3) is 0 Å². The van der Waals surface area contributed by atoms with Gasteiger partial charge < -0.3 is 14.8 Å². The third kappa shape index (κ3) is 4.50. The van der Waals surface area contributed by atoms with Gasteiger partial charge in [-0.05, 0) is 42.7 Å². The highest BCUT2D eigenvalue weighted by atomic mass is 16.5. The lowest BCUT2D eigenvalue weighted by Gasteiger charge is -2.12. The van der Waals surface area contributed by atoms with Crippen LogP contribution in [0.3, 0.4) is 0 Å². The van der Waals surface area contributed by atoms with Gasteiger partial charge in [0.05, 0.1) is 6.61 Å². The lowest BCUT2D eigenvalue weighted by Crippen LogP contribution is -2.05. The minimum absolute atomic E-state index is 0.566. The number of nitrogens with one attached hydrogen (secondary N) is 1. The fourth-order valence-corrected chi connectivity index (χ4v) is 2.14. The van der Waals surface area contributed by atoms with Crippen molar-refractivity contribution in [3.05, 3.63) is 59.2 Å². The van der Waals surface area contributed by atoms with Crippen LogP contribution in [0.4, 0.5) is 5.69 Å². The Balaban J connectivity index is 1.96. The molecule has 2 aromatic rings. The first-order chi connectivity index (χ1) is 10.2. The van der Waals surface area contributed by atoms with E-state index in [-0.39, 0.29) is 0 Å². The van der Waals surface area contributed by atoms with Crippen LogP contribution in [-0.4, -0.2) is 20.3 Å². The molecule has 0 aliphatic heterocycles. The predicted octanol–water partition coefficient (Wildman–Crippen LogP) is 3.94. The third-order valence-corrected chi connectivity index (χ3v) is 3.59. The quantitative estimate of drug-likeness (QED) is 0.782. The van der Waals surface area contributed by atoms with Crippen LogP contribution in [0.5, 0.6) is 5.75 Å². The number of hydrogen-bond acceptors (Lipinski definition) is 3. The topological polar surface area (TPSA) is 30.5 Å². The molecule has 0 heterocycles. The Labute approximate surface area is 126 Å². The molecule has 2 aromatic carbocycles. The van der Waals surface area contributed by atoms with Crippen LogP contribution in [-0.2, 0) is 11.3 Å². The number of benzene rings is 2. The van der Waals surface area contributed by atoms with E-state index in [0.717, 1.165) is 18.0 Å². The fraction of sp³-hybridized carbons (Fsp3) is 0.333. The summed E-state index contributed by atoms with van der Waals surface area (Å²) in [5, 5.41) is 3.45. The van der Waals surface area contributed by atoms with Gasteiger partial charge >= 0.3 is 0 Å². The van der Waals surface area contributed by atoms with Gasteiger partial charge in [-0.3, -0.25) is 0 Å². The average molecular weight is 285 g/mol. The summed E-state index contributed by atoms with van der Waals surface area (Å²) < 4.78 is 10.6. The molecular weight excluding hydrogens is 262 g/mol. The zero-order valence-electron chi connectivity index (χ0n) is 13.0. The maximum atomic E-state index is 5.62. The summed E-state index contributed by atoms with van der Waals surface area (Å²) >= 11 is 0. The average Bonchev–Trinajstić information content (AvgIpc) is 2.50. The second-order valence-electron chi connectivity index (χ2n) is 5.08. The first-order valence-electron chi connectivity index (χ1n) is 7.21. The Hall–Kier alpha value is -2.00. The van der Waals surface area contributed by atoms with Gasteiger partial charge in [-0.2, -0.15) is 0 Å². The summed E-state index contributed by atoms with van der Waals surface area (Å²) in [4.78, 5) is 0. The first-order valence-corrected chi connectivity index (χ1v) is 7.21. The summed E-state index contributed by atoms with van der Waals surface area (Å²) in [6.45, 7) is 6.28. The van der Waals surface area contributed by atoms with Crippen molar-refractivity contribution in [1.82, 2.24) is 0 Å². The molecule has 0 fully saturated rings. The molecule has 3 nitrogen and oxygen atoms in total. The summed E-state index contributed by atoms with van der Waals surface area (Å²) in [6, 6.07) is 14.4. The number of hydrogen-bond donors (Lipinski definition) is 1. The number of rotatable bonds is 7. The van der Waals surface area contributed by atoms with E-state index in [0.29, 0.717) is 13.2 Å². The molecule has 2 rings (SSSR count). The number of anilines is 1. The van der Waals surface area contributed by atoms with E-state index in [2.05, 4.69) is 37.4 Å². The van der Waals surface area contributed by atoms with Crippen LogP contribution < -0.4 is 10.1 Å². The molecular formula is C18H23NO2. The molecule has 0 unspecified atom stereocenters. The second kappa shape index (κ2) is 7.70. The highest BCUT2D eigenvalue weighted by Gasteiger charge is 2.01. The summed E-state index contributed by atoms with van der Waals surface area (Å²) in [5.41, 5.74) is 5.05. The molecule has 112 valence electrons. The van der Waals surface area contributed by atoms with Crippen molar-refractivity contribution in [3.8, 4) is 5.75 Å². The predicted molar refractivity (Wildman–Crippen MR) is 87.1 cm³/mol. The second-order valence-corrected chi connectivity index (χ2v) is 5.08. The highest BCUT2D eigenvalue weighted by Crippen LogP contribution is 2.19. The van der Waals surface area contributed by atoms with Gasteiger partial charge in [-0.1, -0.05) is 24.3 Å². The molecule has 0 bridgehead atoms. The van der Waals surface area contributed by atoms with Crippen molar-refractivity contribution in [2.45, 2.75) is 20.4 Å². The van der Waals surface area contributed by atoms with E-state index in [1.54, 1.807) is 7.11 Å². The van der Waals surface area contributed by atoms with Crippen LogP contribution >= 0.6 is 0 Å². The molecule has 0 radical (unpaired) electrons. The van der Waals surface area contributed by atoms with E-state index in [4.69, 9.17) is 9.47 Å². The molecule has 1 N–H and O–H groups in total. The van der Waals surface area contributed by atoms with Crippen molar-refractivity contribution in [2.24, 2.45) is 0 Å². The van der Waals surface area contributed by atoms with Crippen LogP contribution in [0.1, 0.15) is 16.7 Å². The third-order valence-electron chi connectivity index (χ3n) is 3.59. The molecule has 0 aliphatic carbocycles. The zero-order chi connectivity index (χ0) is 15.1. The van der Waals surface area contributed by atoms with Crippen LogP contribution in [0.2, 0.25) is 0 Å². The monoisotopic (exact) mass is 285 g/mol.